The van der Waals surface area contributed by atoms with Crippen LogP contribution in [-0.2, 0) is 14.3 Å². The van der Waals surface area contributed by atoms with E-state index in [1.807, 2.05) is 13.8 Å². The normalized spacial score (nSPS) is 28.7. The molecule has 0 saturated carbocycles. The lowest BCUT2D eigenvalue weighted by Crippen LogP contribution is -2.59. The standard InChI is InChI=1S/C12H21NO4/c1-3-6-13(9-14)12(11(15)16)5-7-17-10(4-2)8-12/h9-10H,3-8H2,1-2H3,(H,15,16). The van der Waals surface area contributed by atoms with Crippen LogP contribution in [0.4, 0.5) is 0 Å². The molecule has 5 nitrogen and oxygen atoms in total. The van der Waals surface area contributed by atoms with Crippen molar-refractivity contribution in [1.82, 2.24) is 4.90 Å². The first-order valence-electron chi connectivity index (χ1n) is 6.17. The Morgan fingerprint density at radius 2 is 2.29 bits per heavy atom. The number of ether oxygens (including phenoxy) is 1. The summed E-state index contributed by atoms with van der Waals surface area (Å²) in [6.07, 6.45) is 2.88. The number of carboxylic acids is 1. The second kappa shape index (κ2) is 6.00. The van der Waals surface area contributed by atoms with Crippen molar-refractivity contribution in [2.75, 3.05) is 13.2 Å². The Hall–Kier alpha value is -1.10. The van der Waals surface area contributed by atoms with Crippen molar-refractivity contribution < 1.29 is 19.4 Å². The number of carbonyl (C=O) groups excluding carboxylic acids is 1. The molecule has 1 N–H and O–H groups in total. The maximum Gasteiger partial charge on any atom is 0.329 e. The lowest BCUT2D eigenvalue weighted by atomic mass is 9.84. The molecule has 0 aromatic heterocycles. The van der Waals surface area contributed by atoms with E-state index in [2.05, 4.69) is 0 Å². The van der Waals surface area contributed by atoms with Crippen LogP contribution in [0.1, 0.15) is 39.5 Å². The van der Waals surface area contributed by atoms with Crippen LogP contribution in [0, 0.1) is 0 Å². The van der Waals surface area contributed by atoms with Gasteiger partial charge >= 0.3 is 5.97 Å². The molecule has 1 amide bonds. The Kier molecular flexibility index (Phi) is 4.93. The van der Waals surface area contributed by atoms with Gasteiger partial charge in [-0.25, -0.2) is 4.79 Å². The second-order valence-electron chi connectivity index (χ2n) is 4.49. The molecule has 2 atom stereocenters. The molecule has 0 aromatic carbocycles. The molecule has 1 aliphatic rings. The number of rotatable bonds is 6. The minimum absolute atomic E-state index is 0.0702. The molecule has 1 aliphatic heterocycles. The van der Waals surface area contributed by atoms with Crippen LogP contribution in [0.3, 0.4) is 0 Å². The summed E-state index contributed by atoms with van der Waals surface area (Å²) in [7, 11) is 0. The molecule has 17 heavy (non-hydrogen) atoms. The third-order valence-electron chi connectivity index (χ3n) is 3.43. The third-order valence-corrected chi connectivity index (χ3v) is 3.43. The van der Waals surface area contributed by atoms with Gasteiger partial charge < -0.3 is 14.7 Å². The SMILES string of the molecule is CCCN(C=O)C1(C(=O)O)CCOC(CC)C1. The van der Waals surface area contributed by atoms with Crippen molar-refractivity contribution in [3.8, 4) is 0 Å². The lowest BCUT2D eigenvalue weighted by molar-refractivity contribution is -0.166. The van der Waals surface area contributed by atoms with Crippen LogP contribution >= 0.6 is 0 Å². The number of aliphatic carboxylic acids is 1. The Balaban J connectivity index is 2.94. The van der Waals surface area contributed by atoms with Gasteiger partial charge in [-0.2, -0.15) is 0 Å². The molecular weight excluding hydrogens is 222 g/mol. The summed E-state index contributed by atoms with van der Waals surface area (Å²) in [6, 6.07) is 0. The molecule has 0 radical (unpaired) electrons. The molecule has 98 valence electrons. The van der Waals surface area contributed by atoms with E-state index in [-0.39, 0.29) is 6.10 Å². The van der Waals surface area contributed by atoms with E-state index in [1.54, 1.807) is 0 Å². The van der Waals surface area contributed by atoms with Crippen LogP contribution in [0.25, 0.3) is 0 Å². The Morgan fingerprint density at radius 3 is 2.76 bits per heavy atom. The first kappa shape index (κ1) is 14.0. The van der Waals surface area contributed by atoms with Crippen LogP contribution in [0.15, 0.2) is 0 Å². The molecule has 5 heteroatoms. The van der Waals surface area contributed by atoms with Gasteiger partial charge in [0.05, 0.1) is 6.10 Å². The summed E-state index contributed by atoms with van der Waals surface area (Å²) in [5, 5.41) is 9.47. The number of carbonyl (C=O) groups is 2. The highest BCUT2D eigenvalue weighted by Gasteiger charge is 2.47. The van der Waals surface area contributed by atoms with Gasteiger partial charge in [0.2, 0.25) is 6.41 Å². The fourth-order valence-electron chi connectivity index (χ4n) is 2.38. The number of carboxylic acid groups (broad SMARTS) is 1. The van der Waals surface area contributed by atoms with E-state index in [0.29, 0.717) is 32.4 Å². The van der Waals surface area contributed by atoms with Gasteiger partial charge in [-0.1, -0.05) is 13.8 Å². The average Bonchev–Trinajstić information content (AvgIpc) is 2.35. The molecule has 0 aliphatic carbocycles. The van der Waals surface area contributed by atoms with Crippen molar-refractivity contribution in [2.24, 2.45) is 0 Å². The van der Waals surface area contributed by atoms with Gasteiger partial charge in [0, 0.05) is 26.0 Å². The van der Waals surface area contributed by atoms with E-state index in [1.165, 1.54) is 4.90 Å². The lowest BCUT2D eigenvalue weighted by Gasteiger charge is -2.43. The van der Waals surface area contributed by atoms with Crippen molar-refractivity contribution in [2.45, 2.75) is 51.2 Å². The van der Waals surface area contributed by atoms with Gasteiger partial charge in [-0.15, -0.1) is 0 Å². The monoisotopic (exact) mass is 243 g/mol. The van der Waals surface area contributed by atoms with Crippen molar-refractivity contribution in [3.05, 3.63) is 0 Å². The predicted molar refractivity (Wildman–Crippen MR) is 62.7 cm³/mol. The molecule has 0 aromatic rings. The second-order valence-corrected chi connectivity index (χ2v) is 4.49. The van der Waals surface area contributed by atoms with Crippen molar-refractivity contribution in [3.63, 3.8) is 0 Å². The van der Waals surface area contributed by atoms with E-state index in [9.17, 15) is 14.7 Å². The summed E-state index contributed by atoms with van der Waals surface area (Å²) in [5.41, 5.74) is -1.07. The van der Waals surface area contributed by atoms with E-state index in [0.717, 1.165) is 12.8 Å². The average molecular weight is 243 g/mol. The van der Waals surface area contributed by atoms with Crippen molar-refractivity contribution in [1.29, 1.82) is 0 Å². The highest BCUT2D eigenvalue weighted by Crippen LogP contribution is 2.32. The molecule has 1 saturated heterocycles. The zero-order chi connectivity index (χ0) is 12.9. The van der Waals surface area contributed by atoms with Crippen LogP contribution in [-0.4, -0.2) is 47.2 Å². The van der Waals surface area contributed by atoms with Crippen molar-refractivity contribution >= 4 is 12.4 Å². The first-order valence-corrected chi connectivity index (χ1v) is 6.17. The van der Waals surface area contributed by atoms with Crippen LogP contribution in [0.5, 0.6) is 0 Å². The summed E-state index contributed by atoms with van der Waals surface area (Å²) < 4.78 is 5.50. The quantitative estimate of drug-likeness (QED) is 0.713. The summed E-state index contributed by atoms with van der Waals surface area (Å²) in [4.78, 5) is 24.1. The Labute approximate surface area is 102 Å². The predicted octanol–water partition coefficient (Wildman–Crippen LogP) is 1.27. The molecular formula is C12H21NO4. The number of hydrogen-bond donors (Lipinski definition) is 1. The van der Waals surface area contributed by atoms with E-state index >= 15 is 0 Å². The zero-order valence-corrected chi connectivity index (χ0v) is 10.5. The third kappa shape index (κ3) is 2.77. The first-order chi connectivity index (χ1) is 8.10. The Morgan fingerprint density at radius 1 is 1.59 bits per heavy atom. The van der Waals surface area contributed by atoms with E-state index in [4.69, 9.17) is 4.74 Å². The minimum Gasteiger partial charge on any atom is -0.479 e. The highest BCUT2D eigenvalue weighted by atomic mass is 16.5. The summed E-state index contributed by atoms with van der Waals surface area (Å²) >= 11 is 0. The highest BCUT2D eigenvalue weighted by molar-refractivity contribution is 5.81. The summed E-state index contributed by atoms with van der Waals surface area (Å²) in [6.45, 7) is 4.78. The van der Waals surface area contributed by atoms with Gasteiger partial charge in [0.25, 0.3) is 0 Å². The topological polar surface area (TPSA) is 66.8 Å². The smallest absolute Gasteiger partial charge is 0.329 e. The molecule has 2 unspecified atom stereocenters. The number of nitrogens with zero attached hydrogens (tertiary/aromatic N) is 1. The van der Waals surface area contributed by atoms with Gasteiger partial charge in [0.15, 0.2) is 0 Å². The van der Waals surface area contributed by atoms with Gasteiger partial charge in [-0.05, 0) is 12.8 Å². The van der Waals surface area contributed by atoms with Crippen LogP contribution in [0.2, 0.25) is 0 Å². The van der Waals surface area contributed by atoms with Crippen LogP contribution < -0.4 is 0 Å². The molecule has 1 heterocycles. The summed E-state index contributed by atoms with van der Waals surface area (Å²) in [5.74, 6) is -0.917. The molecule has 0 bridgehead atoms. The zero-order valence-electron chi connectivity index (χ0n) is 10.5. The fourth-order valence-corrected chi connectivity index (χ4v) is 2.38. The fraction of sp³-hybridized carbons (Fsp3) is 0.833. The maximum atomic E-state index is 11.6. The maximum absolute atomic E-state index is 11.6. The largest absolute Gasteiger partial charge is 0.479 e. The van der Waals surface area contributed by atoms with E-state index < -0.39 is 11.5 Å². The number of amides is 1. The number of hydrogen-bond acceptors (Lipinski definition) is 3. The van der Waals surface area contributed by atoms with Gasteiger partial charge in [0.1, 0.15) is 5.54 Å². The molecule has 0 spiro atoms. The Bertz CT molecular complexity index is 282. The molecule has 1 rings (SSSR count). The molecule has 1 fully saturated rings. The van der Waals surface area contributed by atoms with Gasteiger partial charge in [-0.3, -0.25) is 4.79 Å². The minimum atomic E-state index is -1.07.